The summed E-state index contributed by atoms with van der Waals surface area (Å²) in [4.78, 5) is 23.1. The van der Waals surface area contributed by atoms with Crippen LogP contribution in [-0.2, 0) is 10.2 Å². The minimum atomic E-state index is -0.178. The number of nitrogens with two attached hydrogens (primary N) is 1. The quantitative estimate of drug-likeness (QED) is 0.862. The molecule has 1 unspecified atom stereocenters. The lowest BCUT2D eigenvalue weighted by atomic mass is 9.95. The van der Waals surface area contributed by atoms with Crippen molar-refractivity contribution in [1.82, 2.24) is 15.3 Å². The summed E-state index contributed by atoms with van der Waals surface area (Å²) in [6.45, 7) is 6.98. The standard InChI is InChI=1S/C15H25N5O/c1-15(2,3)14-18-11(16)9-12(19-14)20-8-6-5-7-10(20)13(21)17-4/h9-10H,5-8H2,1-4H3,(H,17,21)(H2,16,18,19). The molecule has 0 radical (unpaired) electrons. The Labute approximate surface area is 126 Å². The van der Waals surface area contributed by atoms with Gasteiger partial charge in [0, 0.05) is 25.1 Å². The van der Waals surface area contributed by atoms with E-state index >= 15 is 0 Å². The van der Waals surface area contributed by atoms with Gasteiger partial charge in [-0.1, -0.05) is 20.8 Å². The molecule has 1 atom stereocenters. The van der Waals surface area contributed by atoms with Crippen LogP contribution in [-0.4, -0.2) is 35.5 Å². The fraction of sp³-hybridized carbons (Fsp3) is 0.667. The number of anilines is 2. The van der Waals surface area contributed by atoms with Crippen LogP contribution in [0.5, 0.6) is 0 Å². The first-order chi connectivity index (χ1) is 9.82. The Kier molecular flexibility index (Phi) is 4.34. The number of nitrogens with one attached hydrogen (secondary N) is 1. The van der Waals surface area contributed by atoms with E-state index in [0.29, 0.717) is 11.6 Å². The van der Waals surface area contributed by atoms with Crippen LogP contribution in [0.1, 0.15) is 45.9 Å². The zero-order chi connectivity index (χ0) is 15.6. The maximum atomic E-state index is 12.1. The molecule has 1 aliphatic rings. The first-order valence-electron chi connectivity index (χ1n) is 7.46. The van der Waals surface area contributed by atoms with Gasteiger partial charge in [-0.25, -0.2) is 9.97 Å². The maximum Gasteiger partial charge on any atom is 0.242 e. The molecule has 1 amide bonds. The van der Waals surface area contributed by atoms with Crippen molar-refractivity contribution < 1.29 is 4.79 Å². The van der Waals surface area contributed by atoms with Crippen LogP contribution in [0.15, 0.2) is 6.07 Å². The van der Waals surface area contributed by atoms with E-state index in [4.69, 9.17) is 5.73 Å². The number of hydrogen-bond acceptors (Lipinski definition) is 5. The molecule has 1 aromatic heterocycles. The van der Waals surface area contributed by atoms with Gasteiger partial charge in [-0.15, -0.1) is 0 Å². The van der Waals surface area contributed by atoms with Crippen molar-refractivity contribution >= 4 is 17.5 Å². The molecule has 1 fully saturated rings. The largest absolute Gasteiger partial charge is 0.384 e. The van der Waals surface area contributed by atoms with Gasteiger partial charge in [0.15, 0.2) is 0 Å². The summed E-state index contributed by atoms with van der Waals surface area (Å²) in [5, 5.41) is 2.74. The first-order valence-corrected chi connectivity index (χ1v) is 7.46. The smallest absolute Gasteiger partial charge is 0.242 e. The van der Waals surface area contributed by atoms with Crippen molar-refractivity contribution in [3.05, 3.63) is 11.9 Å². The third-order valence-electron chi connectivity index (χ3n) is 3.75. The first kappa shape index (κ1) is 15.5. The summed E-state index contributed by atoms with van der Waals surface area (Å²) in [7, 11) is 1.67. The number of carbonyl (C=O) groups excluding carboxylic acids is 1. The molecule has 0 aromatic carbocycles. The molecular formula is C15H25N5O. The monoisotopic (exact) mass is 291 g/mol. The molecule has 1 aliphatic heterocycles. The van der Waals surface area contributed by atoms with E-state index in [-0.39, 0.29) is 17.4 Å². The molecule has 2 rings (SSSR count). The molecule has 6 heteroatoms. The van der Waals surface area contributed by atoms with E-state index < -0.39 is 0 Å². The predicted octanol–water partition coefficient (Wildman–Crippen LogP) is 1.46. The Balaban J connectivity index is 2.39. The highest BCUT2D eigenvalue weighted by Crippen LogP contribution is 2.27. The lowest BCUT2D eigenvalue weighted by Gasteiger charge is -2.35. The average molecular weight is 291 g/mol. The van der Waals surface area contributed by atoms with Crippen molar-refractivity contribution in [2.75, 3.05) is 24.2 Å². The van der Waals surface area contributed by atoms with Gasteiger partial charge in [-0.05, 0) is 19.3 Å². The third-order valence-corrected chi connectivity index (χ3v) is 3.75. The molecular weight excluding hydrogens is 266 g/mol. The van der Waals surface area contributed by atoms with Gasteiger partial charge in [0.25, 0.3) is 0 Å². The van der Waals surface area contributed by atoms with Crippen molar-refractivity contribution in [2.45, 2.75) is 51.5 Å². The Hall–Kier alpha value is -1.85. The second-order valence-electron chi connectivity index (χ2n) is 6.54. The van der Waals surface area contributed by atoms with Crippen LogP contribution < -0.4 is 16.0 Å². The number of hydrogen-bond donors (Lipinski definition) is 2. The second-order valence-corrected chi connectivity index (χ2v) is 6.54. The van der Waals surface area contributed by atoms with Crippen molar-refractivity contribution in [1.29, 1.82) is 0 Å². The molecule has 0 saturated carbocycles. The van der Waals surface area contributed by atoms with E-state index in [1.807, 2.05) is 0 Å². The van der Waals surface area contributed by atoms with E-state index in [1.165, 1.54) is 0 Å². The molecule has 0 spiro atoms. The Morgan fingerprint density at radius 3 is 2.71 bits per heavy atom. The van der Waals surface area contributed by atoms with Crippen LogP contribution >= 0.6 is 0 Å². The number of amides is 1. The number of piperidine rings is 1. The Bertz CT molecular complexity index is 523. The molecule has 21 heavy (non-hydrogen) atoms. The maximum absolute atomic E-state index is 12.1. The third kappa shape index (κ3) is 3.43. The SMILES string of the molecule is CNC(=O)C1CCCCN1c1cc(N)nc(C(C)(C)C)n1. The summed E-state index contributed by atoms with van der Waals surface area (Å²) in [5.41, 5.74) is 5.76. The van der Waals surface area contributed by atoms with Gasteiger partial charge in [0.05, 0.1) is 0 Å². The van der Waals surface area contributed by atoms with Crippen LogP contribution in [0.3, 0.4) is 0 Å². The highest BCUT2D eigenvalue weighted by molar-refractivity contribution is 5.85. The van der Waals surface area contributed by atoms with Gasteiger partial charge in [0.1, 0.15) is 23.5 Å². The molecule has 1 aromatic rings. The minimum Gasteiger partial charge on any atom is -0.384 e. The second kappa shape index (κ2) is 5.87. The predicted molar refractivity (Wildman–Crippen MR) is 84.2 cm³/mol. The number of carbonyl (C=O) groups is 1. The Morgan fingerprint density at radius 1 is 1.38 bits per heavy atom. The topological polar surface area (TPSA) is 84.1 Å². The van der Waals surface area contributed by atoms with Crippen LogP contribution in [0.4, 0.5) is 11.6 Å². The summed E-state index contributed by atoms with van der Waals surface area (Å²) in [6.07, 6.45) is 2.96. The summed E-state index contributed by atoms with van der Waals surface area (Å²) in [5.74, 6) is 1.94. The van der Waals surface area contributed by atoms with E-state index in [9.17, 15) is 4.79 Å². The summed E-state index contributed by atoms with van der Waals surface area (Å²) in [6, 6.07) is 1.59. The van der Waals surface area contributed by atoms with Crippen molar-refractivity contribution in [3.63, 3.8) is 0 Å². The lowest BCUT2D eigenvalue weighted by Crippen LogP contribution is -2.49. The summed E-state index contributed by atoms with van der Waals surface area (Å²) >= 11 is 0. The minimum absolute atomic E-state index is 0.0317. The fourth-order valence-electron chi connectivity index (χ4n) is 2.58. The lowest BCUT2D eigenvalue weighted by molar-refractivity contribution is -0.122. The van der Waals surface area contributed by atoms with Gasteiger partial charge in [-0.3, -0.25) is 4.79 Å². The van der Waals surface area contributed by atoms with E-state index in [0.717, 1.165) is 31.6 Å². The van der Waals surface area contributed by atoms with Gasteiger partial charge in [0.2, 0.25) is 5.91 Å². The molecule has 2 heterocycles. The van der Waals surface area contributed by atoms with Crippen LogP contribution in [0.25, 0.3) is 0 Å². The van der Waals surface area contributed by atoms with Crippen molar-refractivity contribution in [3.8, 4) is 0 Å². The fourth-order valence-corrected chi connectivity index (χ4v) is 2.58. The molecule has 116 valence electrons. The van der Waals surface area contributed by atoms with Crippen LogP contribution in [0.2, 0.25) is 0 Å². The molecule has 0 bridgehead atoms. The van der Waals surface area contributed by atoms with Gasteiger partial charge < -0.3 is 16.0 Å². The number of likely N-dealkylation sites (N-methyl/N-ethyl adjacent to an activating group) is 1. The highest BCUT2D eigenvalue weighted by atomic mass is 16.2. The average Bonchev–Trinajstić information content (AvgIpc) is 2.45. The normalized spacial score (nSPS) is 19.4. The van der Waals surface area contributed by atoms with Gasteiger partial charge >= 0.3 is 0 Å². The number of rotatable bonds is 2. The Morgan fingerprint density at radius 2 is 2.10 bits per heavy atom. The van der Waals surface area contributed by atoms with Crippen molar-refractivity contribution in [2.24, 2.45) is 0 Å². The number of nitrogen functional groups attached to an aromatic ring is 1. The zero-order valence-electron chi connectivity index (χ0n) is 13.3. The van der Waals surface area contributed by atoms with E-state index in [1.54, 1.807) is 13.1 Å². The van der Waals surface area contributed by atoms with Crippen LogP contribution in [0, 0.1) is 0 Å². The number of aromatic nitrogens is 2. The van der Waals surface area contributed by atoms with Gasteiger partial charge in [-0.2, -0.15) is 0 Å². The molecule has 6 nitrogen and oxygen atoms in total. The zero-order valence-corrected chi connectivity index (χ0v) is 13.3. The highest BCUT2D eigenvalue weighted by Gasteiger charge is 2.30. The molecule has 1 saturated heterocycles. The van der Waals surface area contributed by atoms with E-state index in [2.05, 4.69) is 41.0 Å². The molecule has 3 N–H and O–H groups in total. The number of nitrogens with zero attached hydrogens (tertiary/aromatic N) is 3. The summed E-state index contributed by atoms with van der Waals surface area (Å²) < 4.78 is 0. The molecule has 0 aliphatic carbocycles.